The Hall–Kier alpha value is -8.04. The number of hydrogen-bond donors (Lipinski definition) is 0. The van der Waals surface area contributed by atoms with E-state index in [0.717, 1.165) is 16.8 Å². The Morgan fingerprint density at radius 1 is 0.303 bits per heavy atom. The summed E-state index contributed by atoms with van der Waals surface area (Å²) in [5.74, 6) is 0. The van der Waals surface area contributed by atoms with Crippen molar-refractivity contribution in [3.63, 3.8) is 0 Å². The van der Waals surface area contributed by atoms with Crippen LogP contribution in [0, 0.1) is 0 Å². The Morgan fingerprint density at radius 3 is 1.36 bits per heavy atom. The lowest BCUT2D eigenvalue weighted by atomic mass is 9.67. The number of rotatable bonds is 4. The smallest absolute Gasteiger partial charge is 0.0788 e. The molecule has 1 aliphatic carbocycles. The molecule has 1 aliphatic heterocycles. The molecule has 0 bridgehead atoms. The van der Waals surface area contributed by atoms with E-state index >= 15 is 0 Å². The van der Waals surface area contributed by atoms with Crippen molar-refractivity contribution < 1.29 is 0 Å². The van der Waals surface area contributed by atoms with Gasteiger partial charge in [-0.1, -0.05) is 236 Å². The molecule has 0 unspecified atom stereocenters. The zero-order valence-corrected chi connectivity index (χ0v) is 36.7. The van der Waals surface area contributed by atoms with Crippen LogP contribution in [0.3, 0.4) is 0 Å². The maximum absolute atomic E-state index is 5.49. The minimum Gasteiger partial charge on any atom is -0.247 e. The zero-order chi connectivity index (χ0) is 43.3. The molecule has 1 aromatic heterocycles. The highest BCUT2D eigenvalue weighted by Crippen LogP contribution is 2.63. The van der Waals surface area contributed by atoms with Crippen LogP contribution in [-0.2, 0) is 5.41 Å². The van der Waals surface area contributed by atoms with Crippen LogP contribution in [0.25, 0.3) is 99.0 Å². The van der Waals surface area contributed by atoms with Gasteiger partial charge >= 0.3 is 0 Å². The largest absolute Gasteiger partial charge is 0.247 e. The van der Waals surface area contributed by atoms with Gasteiger partial charge in [-0.3, -0.25) is 0 Å². The standard InChI is InChI=1S/C64H39NS/c1-2-16-40(17-3-1)41-30-32-42(33-31-41)59-47-20-4-6-22-49(47)60(50-23-7-5-21-48(50)59)43-34-36-44(37-35-43)62-52-38-39-56-63(61(52)51-24-10-14-28-57(51)65-62)66-58-29-15-13-27-55(58)64(56)53-25-11-8-18-45(53)46-19-9-12-26-54(46)64/h1-39H. The Balaban J connectivity index is 0.954. The Morgan fingerprint density at radius 2 is 0.758 bits per heavy atom. The highest BCUT2D eigenvalue weighted by atomic mass is 32.2. The summed E-state index contributed by atoms with van der Waals surface area (Å²) in [5.41, 5.74) is 18.0. The average Bonchev–Trinajstić information content (AvgIpc) is 3.68. The van der Waals surface area contributed by atoms with E-state index in [1.807, 2.05) is 11.8 Å². The molecular formula is C64H39NS. The lowest BCUT2D eigenvalue weighted by Crippen LogP contribution is -2.32. The molecule has 0 radical (unpaired) electrons. The maximum Gasteiger partial charge on any atom is 0.0788 e. The first-order valence-corrected chi connectivity index (χ1v) is 23.6. The lowest BCUT2D eigenvalue weighted by Gasteiger charge is -2.40. The third-order valence-electron chi connectivity index (χ3n) is 14.3. The van der Waals surface area contributed by atoms with Crippen molar-refractivity contribution in [3.05, 3.63) is 259 Å². The Labute approximate surface area is 387 Å². The summed E-state index contributed by atoms with van der Waals surface area (Å²) in [6, 6.07) is 87.4. The molecule has 2 aliphatic rings. The van der Waals surface area contributed by atoms with Crippen LogP contribution < -0.4 is 0 Å². The first-order chi connectivity index (χ1) is 32.8. The predicted octanol–water partition coefficient (Wildman–Crippen LogP) is 17.2. The van der Waals surface area contributed by atoms with Gasteiger partial charge in [-0.15, -0.1) is 0 Å². The molecule has 1 nitrogen and oxygen atoms in total. The number of pyridine rings is 1. The molecule has 0 fully saturated rings. The molecule has 2 heterocycles. The minimum atomic E-state index is -0.447. The van der Waals surface area contributed by atoms with Gasteiger partial charge in [-0.05, 0) is 100 Å². The fraction of sp³-hybridized carbons (Fsp3) is 0.0156. The van der Waals surface area contributed by atoms with Crippen LogP contribution >= 0.6 is 11.8 Å². The summed E-state index contributed by atoms with van der Waals surface area (Å²) in [6.07, 6.45) is 0. The first kappa shape index (κ1) is 37.3. The lowest BCUT2D eigenvalue weighted by molar-refractivity contribution is 0.726. The summed E-state index contributed by atoms with van der Waals surface area (Å²) in [5, 5.41) is 8.60. The summed E-state index contributed by atoms with van der Waals surface area (Å²) in [6.45, 7) is 0. The number of benzene rings is 11. The van der Waals surface area contributed by atoms with Gasteiger partial charge in [0.2, 0.25) is 0 Å². The first-order valence-electron chi connectivity index (χ1n) is 22.8. The third-order valence-corrected chi connectivity index (χ3v) is 15.5. The van der Waals surface area contributed by atoms with Crippen molar-refractivity contribution in [3.8, 4) is 55.8 Å². The summed E-state index contributed by atoms with van der Waals surface area (Å²) in [7, 11) is 0. The van der Waals surface area contributed by atoms with Crippen molar-refractivity contribution in [1.82, 2.24) is 4.98 Å². The second kappa shape index (κ2) is 14.5. The zero-order valence-electron chi connectivity index (χ0n) is 35.9. The van der Waals surface area contributed by atoms with Gasteiger partial charge < -0.3 is 0 Å². The molecule has 11 aromatic carbocycles. The molecule has 306 valence electrons. The van der Waals surface area contributed by atoms with Crippen LogP contribution in [0.1, 0.15) is 22.3 Å². The van der Waals surface area contributed by atoms with Gasteiger partial charge in [-0.2, -0.15) is 0 Å². The molecule has 0 atom stereocenters. The van der Waals surface area contributed by atoms with Crippen LogP contribution in [0.4, 0.5) is 0 Å². The molecule has 2 heteroatoms. The quantitative estimate of drug-likeness (QED) is 0.129. The minimum absolute atomic E-state index is 0.447. The summed E-state index contributed by atoms with van der Waals surface area (Å²) in [4.78, 5) is 8.10. The fourth-order valence-corrected chi connectivity index (χ4v) is 12.9. The molecule has 14 rings (SSSR count). The number of hydrogen-bond acceptors (Lipinski definition) is 2. The highest BCUT2D eigenvalue weighted by molar-refractivity contribution is 7.99. The molecule has 0 saturated carbocycles. The topological polar surface area (TPSA) is 12.9 Å². The van der Waals surface area contributed by atoms with Crippen molar-refractivity contribution in [1.29, 1.82) is 0 Å². The van der Waals surface area contributed by atoms with E-state index in [-0.39, 0.29) is 0 Å². The van der Waals surface area contributed by atoms with Gasteiger partial charge in [0.25, 0.3) is 0 Å². The summed E-state index contributed by atoms with van der Waals surface area (Å²) >= 11 is 1.91. The monoisotopic (exact) mass is 853 g/mol. The van der Waals surface area contributed by atoms with Crippen molar-refractivity contribution in [2.45, 2.75) is 15.2 Å². The molecule has 0 N–H and O–H groups in total. The molecule has 66 heavy (non-hydrogen) atoms. The highest BCUT2D eigenvalue weighted by Gasteiger charge is 2.50. The molecular weight excluding hydrogens is 815 g/mol. The van der Waals surface area contributed by atoms with Gasteiger partial charge in [0.05, 0.1) is 16.6 Å². The fourth-order valence-electron chi connectivity index (χ4n) is 11.6. The van der Waals surface area contributed by atoms with E-state index in [1.54, 1.807) is 0 Å². The van der Waals surface area contributed by atoms with E-state index in [9.17, 15) is 0 Å². The number of aromatic nitrogens is 1. The van der Waals surface area contributed by atoms with E-state index in [0.29, 0.717) is 0 Å². The molecule has 0 saturated heterocycles. The normalized spacial score (nSPS) is 13.2. The molecule has 0 amide bonds. The summed E-state index contributed by atoms with van der Waals surface area (Å²) < 4.78 is 0. The molecule has 1 spiro atoms. The van der Waals surface area contributed by atoms with Crippen LogP contribution in [0.15, 0.2) is 246 Å². The predicted molar refractivity (Wildman–Crippen MR) is 277 cm³/mol. The van der Waals surface area contributed by atoms with E-state index in [1.165, 1.54) is 114 Å². The molecule has 12 aromatic rings. The van der Waals surface area contributed by atoms with E-state index in [4.69, 9.17) is 4.98 Å². The van der Waals surface area contributed by atoms with E-state index in [2.05, 4.69) is 237 Å². The van der Waals surface area contributed by atoms with Gasteiger partial charge in [-0.25, -0.2) is 4.98 Å². The second-order valence-electron chi connectivity index (χ2n) is 17.6. The Kier molecular flexibility index (Phi) is 8.20. The third kappa shape index (κ3) is 5.28. The van der Waals surface area contributed by atoms with Crippen molar-refractivity contribution >= 4 is 55.0 Å². The van der Waals surface area contributed by atoms with Crippen LogP contribution in [0.2, 0.25) is 0 Å². The SMILES string of the molecule is c1ccc(-c2ccc(-c3c4ccccc4c(-c4ccc(-c5nc6ccccc6c6c7c(ccc56)C5(c6ccccc6S7)c6ccccc6-c6ccccc65)cc4)c4ccccc34)cc2)cc1. The Bertz CT molecular complexity index is 3840. The van der Waals surface area contributed by atoms with Crippen molar-refractivity contribution in [2.24, 2.45) is 0 Å². The van der Waals surface area contributed by atoms with Crippen LogP contribution in [0.5, 0.6) is 0 Å². The van der Waals surface area contributed by atoms with E-state index < -0.39 is 5.41 Å². The number of nitrogens with zero attached hydrogens (tertiary/aromatic N) is 1. The van der Waals surface area contributed by atoms with Gasteiger partial charge in [0.1, 0.15) is 0 Å². The van der Waals surface area contributed by atoms with Gasteiger partial charge in [0.15, 0.2) is 0 Å². The maximum atomic E-state index is 5.49. The number of fused-ring (bicyclic) bond motifs is 15. The average molecular weight is 854 g/mol. The van der Waals surface area contributed by atoms with Gasteiger partial charge in [0, 0.05) is 31.5 Å². The van der Waals surface area contributed by atoms with Crippen molar-refractivity contribution in [2.75, 3.05) is 0 Å². The van der Waals surface area contributed by atoms with Crippen LogP contribution in [-0.4, -0.2) is 4.98 Å². The number of para-hydroxylation sites is 1. The second-order valence-corrected chi connectivity index (χ2v) is 18.7.